The Hall–Kier alpha value is -2.41. The van der Waals surface area contributed by atoms with Crippen LogP contribution in [0.4, 0.5) is 10.1 Å². The number of amides is 2. The first-order chi connectivity index (χ1) is 14.0. The van der Waals surface area contributed by atoms with Crippen LogP contribution in [-0.2, 0) is 11.3 Å². The van der Waals surface area contributed by atoms with Gasteiger partial charge in [0.05, 0.1) is 11.2 Å². The van der Waals surface area contributed by atoms with E-state index in [1.54, 1.807) is 11.0 Å². The lowest BCUT2D eigenvalue weighted by atomic mass is 10.2. The van der Waals surface area contributed by atoms with Crippen LogP contribution >= 0.6 is 0 Å². The number of benzene rings is 1. The Morgan fingerprint density at radius 3 is 2.62 bits per heavy atom. The SMILES string of the molecule is CCN(CC)CCCNC(=O)c1c(N2CCCC2=O)c2cc(F)ccc2n1CC. The zero-order valence-corrected chi connectivity index (χ0v) is 17.6. The van der Waals surface area contributed by atoms with Crippen LogP contribution in [-0.4, -0.2) is 54.0 Å². The maximum atomic E-state index is 14.0. The van der Waals surface area contributed by atoms with Crippen LogP contribution in [0.25, 0.3) is 10.9 Å². The monoisotopic (exact) mass is 402 g/mol. The van der Waals surface area contributed by atoms with Crippen LogP contribution in [0.15, 0.2) is 18.2 Å². The van der Waals surface area contributed by atoms with E-state index in [0.717, 1.165) is 38.0 Å². The highest BCUT2D eigenvalue weighted by molar-refractivity contribution is 6.14. The van der Waals surface area contributed by atoms with E-state index >= 15 is 0 Å². The fourth-order valence-electron chi connectivity index (χ4n) is 4.15. The molecule has 1 aromatic carbocycles. The van der Waals surface area contributed by atoms with E-state index in [1.807, 2.05) is 11.5 Å². The van der Waals surface area contributed by atoms with Crippen molar-refractivity contribution in [1.82, 2.24) is 14.8 Å². The summed E-state index contributed by atoms with van der Waals surface area (Å²) in [5, 5.41) is 3.63. The number of aromatic nitrogens is 1. The van der Waals surface area contributed by atoms with Crippen LogP contribution < -0.4 is 10.2 Å². The van der Waals surface area contributed by atoms with Gasteiger partial charge in [-0.15, -0.1) is 0 Å². The Kier molecular flexibility index (Phi) is 6.90. The van der Waals surface area contributed by atoms with Crippen molar-refractivity contribution in [2.24, 2.45) is 0 Å². The smallest absolute Gasteiger partial charge is 0.270 e. The lowest BCUT2D eigenvalue weighted by molar-refractivity contribution is -0.117. The van der Waals surface area contributed by atoms with Gasteiger partial charge in [0.25, 0.3) is 5.91 Å². The van der Waals surface area contributed by atoms with Crippen molar-refractivity contribution in [3.63, 3.8) is 0 Å². The number of rotatable bonds is 9. The van der Waals surface area contributed by atoms with Crippen LogP contribution in [0, 0.1) is 5.82 Å². The van der Waals surface area contributed by atoms with Gasteiger partial charge in [-0.1, -0.05) is 13.8 Å². The molecule has 0 aliphatic carbocycles. The molecule has 0 saturated carbocycles. The van der Waals surface area contributed by atoms with E-state index in [1.165, 1.54) is 12.1 Å². The van der Waals surface area contributed by atoms with Gasteiger partial charge in [0, 0.05) is 31.4 Å². The number of hydrogen-bond donors (Lipinski definition) is 1. The normalized spacial score (nSPS) is 14.4. The largest absolute Gasteiger partial charge is 0.351 e. The predicted octanol–water partition coefficient (Wildman–Crippen LogP) is 3.39. The molecule has 1 aliphatic rings. The highest BCUT2D eigenvalue weighted by atomic mass is 19.1. The summed E-state index contributed by atoms with van der Waals surface area (Å²) in [6.07, 6.45) is 2.06. The number of hydrogen-bond acceptors (Lipinski definition) is 3. The molecule has 1 N–H and O–H groups in total. The molecule has 1 saturated heterocycles. The van der Waals surface area contributed by atoms with Gasteiger partial charge in [-0.3, -0.25) is 9.59 Å². The van der Waals surface area contributed by atoms with E-state index in [4.69, 9.17) is 0 Å². The molecule has 1 fully saturated rings. The zero-order valence-electron chi connectivity index (χ0n) is 17.6. The number of nitrogens with zero attached hydrogens (tertiary/aromatic N) is 3. The molecule has 3 rings (SSSR count). The molecule has 0 radical (unpaired) electrons. The van der Waals surface area contributed by atoms with Crippen molar-refractivity contribution < 1.29 is 14.0 Å². The highest BCUT2D eigenvalue weighted by Crippen LogP contribution is 2.37. The molecule has 6 nitrogen and oxygen atoms in total. The number of aryl methyl sites for hydroxylation is 1. The lowest BCUT2D eigenvalue weighted by Gasteiger charge is -2.19. The Bertz CT molecular complexity index is 889. The molecule has 1 aromatic heterocycles. The third-order valence-corrected chi connectivity index (χ3v) is 5.70. The van der Waals surface area contributed by atoms with Gasteiger partial charge in [0.15, 0.2) is 0 Å². The molecule has 0 unspecified atom stereocenters. The average Bonchev–Trinajstić information content (AvgIpc) is 3.27. The summed E-state index contributed by atoms with van der Waals surface area (Å²) >= 11 is 0. The van der Waals surface area contributed by atoms with Crippen LogP contribution in [0.1, 0.15) is 50.5 Å². The summed E-state index contributed by atoms with van der Waals surface area (Å²) in [6.45, 7) is 10.8. The quantitative estimate of drug-likeness (QED) is 0.654. The van der Waals surface area contributed by atoms with Gasteiger partial charge >= 0.3 is 0 Å². The minimum absolute atomic E-state index is 0.0139. The first kappa shape index (κ1) is 21.3. The van der Waals surface area contributed by atoms with E-state index < -0.39 is 0 Å². The number of halogens is 1. The molecule has 29 heavy (non-hydrogen) atoms. The lowest BCUT2D eigenvalue weighted by Crippen LogP contribution is -2.33. The topological polar surface area (TPSA) is 57.6 Å². The summed E-state index contributed by atoms with van der Waals surface area (Å²) < 4.78 is 15.9. The highest BCUT2D eigenvalue weighted by Gasteiger charge is 2.31. The minimum atomic E-state index is -0.371. The average molecular weight is 403 g/mol. The van der Waals surface area contributed by atoms with E-state index in [2.05, 4.69) is 24.1 Å². The van der Waals surface area contributed by atoms with Gasteiger partial charge < -0.3 is 19.7 Å². The number of carbonyl (C=O) groups excluding carboxylic acids is 2. The van der Waals surface area contributed by atoms with Crippen LogP contribution in [0.5, 0.6) is 0 Å². The van der Waals surface area contributed by atoms with E-state index in [-0.39, 0.29) is 17.6 Å². The summed E-state index contributed by atoms with van der Waals surface area (Å²) in [5.74, 6) is -0.595. The molecule has 2 aromatic rings. The van der Waals surface area contributed by atoms with Crippen molar-refractivity contribution in [2.75, 3.05) is 37.6 Å². The van der Waals surface area contributed by atoms with Gasteiger partial charge in [0.2, 0.25) is 5.91 Å². The molecular weight excluding hydrogens is 371 g/mol. The second kappa shape index (κ2) is 9.39. The van der Waals surface area contributed by atoms with Gasteiger partial charge in [0.1, 0.15) is 11.5 Å². The number of nitrogens with one attached hydrogen (secondary N) is 1. The van der Waals surface area contributed by atoms with Gasteiger partial charge in [-0.2, -0.15) is 0 Å². The fraction of sp³-hybridized carbons (Fsp3) is 0.545. The molecule has 1 aliphatic heterocycles. The Balaban J connectivity index is 1.93. The zero-order chi connectivity index (χ0) is 21.0. The van der Waals surface area contributed by atoms with Crippen molar-refractivity contribution in [3.05, 3.63) is 29.7 Å². The third-order valence-electron chi connectivity index (χ3n) is 5.70. The fourth-order valence-corrected chi connectivity index (χ4v) is 4.15. The second-order valence-corrected chi connectivity index (χ2v) is 7.39. The number of fused-ring (bicyclic) bond motifs is 1. The maximum absolute atomic E-state index is 14.0. The van der Waals surface area contributed by atoms with Crippen molar-refractivity contribution in [1.29, 1.82) is 0 Å². The van der Waals surface area contributed by atoms with E-state index in [0.29, 0.717) is 42.8 Å². The van der Waals surface area contributed by atoms with Crippen molar-refractivity contribution in [2.45, 2.75) is 46.6 Å². The molecule has 0 atom stereocenters. The molecule has 2 heterocycles. The summed E-state index contributed by atoms with van der Waals surface area (Å²) in [7, 11) is 0. The van der Waals surface area contributed by atoms with Crippen LogP contribution in [0.2, 0.25) is 0 Å². The summed E-state index contributed by atoms with van der Waals surface area (Å²) in [5.41, 5.74) is 1.77. The first-order valence-electron chi connectivity index (χ1n) is 10.6. The molecular formula is C22H31FN4O2. The maximum Gasteiger partial charge on any atom is 0.270 e. The Morgan fingerprint density at radius 1 is 1.24 bits per heavy atom. The molecule has 0 spiro atoms. The molecule has 158 valence electrons. The summed E-state index contributed by atoms with van der Waals surface area (Å²) in [6, 6.07) is 4.52. The molecule has 7 heteroatoms. The summed E-state index contributed by atoms with van der Waals surface area (Å²) in [4.78, 5) is 29.6. The van der Waals surface area contributed by atoms with Crippen molar-refractivity contribution >= 4 is 28.4 Å². The third kappa shape index (κ3) is 4.29. The van der Waals surface area contributed by atoms with Crippen molar-refractivity contribution in [3.8, 4) is 0 Å². The standard InChI is InChI=1S/C22H31FN4O2/c1-4-25(5-2)13-8-12-24-22(29)21-20(27-14-7-9-19(27)28)17-15-16(23)10-11-18(17)26(21)6-3/h10-11,15H,4-9,12-14H2,1-3H3,(H,24,29). The predicted molar refractivity (Wildman–Crippen MR) is 114 cm³/mol. The van der Waals surface area contributed by atoms with Gasteiger partial charge in [-0.25, -0.2) is 4.39 Å². The molecule has 2 amide bonds. The minimum Gasteiger partial charge on any atom is -0.351 e. The van der Waals surface area contributed by atoms with E-state index in [9.17, 15) is 14.0 Å². The van der Waals surface area contributed by atoms with Crippen LogP contribution in [0.3, 0.4) is 0 Å². The Labute approximate surface area is 171 Å². The van der Waals surface area contributed by atoms with Gasteiger partial charge in [-0.05, 0) is 57.6 Å². The number of carbonyl (C=O) groups is 2. The molecule has 0 bridgehead atoms. The number of anilines is 1. The second-order valence-electron chi connectivity index (χ2n) is 7.39. The first-order valence-corrected chi connectivity index (χ1v) is 10.6. The Morgan fingerprint density at radius 2 is 2.00 bits per heavy atom.